The first kappa shape index (κ1) is 16.0. The van der Waals surface area contributed by atoms with Gasteiger partial charge in [-0.1, -0.05) is 32.1 Å². The van der Waals surface area contributed by atoms with Crippen molar-refractivity contribution < 1.29 is 4.79 Å². The van der Waals surface area contributed by atoms with Crippen LogP contribution in [0.25, 0.3) is 0 Å². The van der Waals surface area contributed by atoms with Gasteiger partial charge in [0.15, 0.2) is 0 Å². The first-order valence-corrected chi connectivity index (χ1v) is 8.32. The van der Waals surface area contributed by atoms with Gasteiger partial charge in [0, 0.05) is 43.9 Å². The molecule has 5 nitrogen and oxygen atoms in total. The molecule has 0 saturated heterocycles. The third-order valence-corrected chi connectivity index (χ3v) is 4.13. The van der Waals surface area contributed by atoms with Crippen LogP contribution in [0.3, 0.4) is 0 Å². The zero-order valence-electron chi connectivity index (χ0n) is 12.9. The number of nitrogens with zero attached hydrogens (tertiary/aromatic N) is 1. The van der Waals surface area contributed by atoms with Gasteiger partial charge in [0.05, 0.1) is 6.33 Å². The van der Waals surface area contributed by atoms with Crippen LogP contribution in [0.2, 0.25) is 0 Å². The molecule has 3 N–H and O–H groups in total. The number of carbonyl (C=O) groups is 1. The molecule has 1 saturated carbocycles. The van der Waals surface area contributed by atoms with Gasteiger partial charge in [-0.15, -0.1) is 0 Å². The van der Waals surface area contributed by atoms with Crippen LogP contribution in [0, 0.1) is 0 Å². The van der Waals surface area contributed by atoms with Crippen molar-refractivity contribution in [2.24, 2.45) is 0 Å². The van der Waals surface area contributed by atoms with E-state index < -0.39 is 0 Å². The highest BCUT2D eigenvalue weighted by Gasteiger charge is 2.13. The van der Waals surface area contributed by atoms with E-state index >= 15 is 0 Å². The van der Waals surface area contributed by atoms with Gasteiger partial charge in [-0.05, 0) is 12.8 Å². The predicted molar refractivity (Wildman–Crippen MR) is 84.0 cm³/mol. The van der Waals surface area contributed by atoms with Crippen molar-refractivity contribution in [1.29, 1.82) is 0 Å². The Balaban J connectivity index is 1.52. The van der Waals surface area contributed by atoms with Crippen molar-refractivity contribution in [2.45, 2.75) is 63.8 Å². The van der Waals surface area contributed by atoms with E-state index in [-0.39, 0.29) is 5.91 Å². The van der Waals surface area contributed by atoms with Crippen molar-refractivity contribution in [3.8, 4) is 0 Å². The fourth-order valence-corrected chi connectivity index (χ4v) is 2.87. The highest BCUT2D eigenvalue weighted by atomic mass is 16.1. The Morgan fingerprint density at radius 1 is 1.19 bits per heavy atom. The van der Waals surface area contributed by atoms with Gasteiger partial charge < -0.3 is 15.6 Å². The summed E-state index contributed by atoms with van der Waals surface area (Å²) in [4.78, 5) is 19.0. The van der Waals surface area contributed by atoms with Gasteiger partial charge in [0.2, 0.25) is 5.91 Å². The van der Waals surface area contributed by atoms with Crippen LogP contribution in [0.5, 0.6) is 0 Å². The number of amides is 1. The number of aromatic amines is 1. The molecule has 0 unspecified atom stereocenters. The Labute approximate surface area is 127 Å². The molecular formula is C16H28N4O. The highest BCUT2D eigenvalue weighted by Crippen LogP contribution is 2.17. The molecule has 0 radical (unpaired) electrons. The average Bonchev–Trinajstić information content (AvgIpc) is 2.94. The van der Waals surface area contributed by atoms with E-state index in [0.29, 0.717) is 12.5 Å². The van der Waals surface area contributed by atoms with Gasteiger partial charge >= 0.3 is 0 Å². The van der Waals surface area contributed by atoms with Crippen LogP contribution in [-0.2, 0) is 11.2 Å². The number of imidazole rings is 1. The third-order valence-electron chi connectivity index (χ3n) is 4.13. The largest absolute Gasteiger partial charge is 0.353 e. The number of aromatic nitrogens is 2. The average molecular weight is 292 g/mol. The van der Waals surface area contributed by atoms with Crippen LogP contribution in [0.15, 0.2) is 12.5 Å². The van der Waals surface area contributed by atoms with Crippen LogP contribution in [0.1, 0.15) is 57.1 Å². The van der Waals surface area contributed by atoms with E-state index in [2.05, 4.69) is 20.6 Å². The maximum Gasteiger partial charge on any atom is 0.221 e. The summed E-state index contributed by atoms with van der Waals surface area (Å²) < 4.78 is 0. The van der Waals surface area contributed by atoms with Gasteiger partial charge in [0.25, 0.3) is 0 Å². The van der Waals surface area contributed by atoms with Crippen molar-refractivity contribution in [3.63, 3.8) is 0 Å². The number of carbonyl (C=O) groups excluding carboxylic acids is 1. The number of hydrogen-bond donors (Lipinski definition) is 3. The molecule has 1 aromatic heterocycles. The summed E-state index contributed by atoms with van der Waals surface area (Å²) in [6.45, 7) is 1.62. The molecule has 0 bridgehead atoms. The number of H-pyrrole nitrogens is 1. The lowest BCUT2D eigenvalue weighted by Gasteiger charge is -2.21. The Morgan fingerprint density at radius 3 is 2.67 bits per heavy atom. The molecule has 0 spiro atoms. The standard InChI is InChI=1S/C16H28N4O/c21-16(20-14-6-4-2-1-3-5-7-14)9-11-17-10-8-15-12-18-13-19-15/h12-14,17H,1-11H2,(H,18,19)(H,20,21). The SMILES string of the molecule is O=C(CCNCCc1cnc[nH]1)NC1CCCCCCC1. The summed E-state index contributed by atoms with van der Waals surface area (Å²) in [5.41, 5.74) is 1.13. The molecule has 1 aliphatic carbocycles. The van der Waals surface area contributed by atoms with E-state index in [1.165, 1.54) is 32.1 Å². The van der Waals surface area contributed by atoms with Crippen molar-refractivity contribution in [2.75, 3.05) is 13.1 Å². The molecule has 5 heteroatoms. The Bertz CT molecular complexity index is 383. The molecule has 1 aromatic rings. The first-order chi connectivity index (χ1) is 10.3. The molecule has 21 heavy (non-hydrogen) atoms. The molecule has 118 valence electrons. The number of hydrogen-bond acceptors (Lipinski definition) is 3. The molecule has 0 aliphatic heterocycles. The number of rotatable bonds is 7. The first-order valence-electron chi connectivity index (χ1n) is 8.32. The highest BCUT2D eigenvalue weighted by molar-refractivity contribution is 5.76. The van der Waals surface area contributed by atoms with E-state index in [1.807, 2.05) is 6.20 Å². The van der Waals surface area contributed by atoms with Crippen molar-refractivity contribution in [1.82, 2.24) is 20.6 Å². The van der Waals surface area contributed by atoms with Crippen LogP contribution < -0.4 is 10.6 Å². The monoisotopic (exact) mass is 292 g/mol. The van der Waals surface area contributed by atoms with Crippen molar-refractivity contribution >= 4 is 5.91 Å². The second-order valence-corrected chi connectivity index (χ2v) is 5.94. The maximum absolute atomic E-state index is 11.9. The van der Waals surface area contributed by atoms with Gasteiger partial charge in [-0.3, -0.25) is 4.79 Å². The third kappa shape index (κ3) is 6.76. The fourth-order valence-electron chi connectivity index (χ4n) is 2.87. The van der Waals surface area contributed by atoms with Gasteiger partial charge in [-0.2, -0.15) is 0 Å². The summed E-state index contributed by atoms with van der Waals surface area (Å²) in [5, 5.41) is 6.50. The maximum atomic E-state index is 11.9. The van der Waals surface area contributed by atoms with E-state index in [1.54, 1.807) is 6.33 Å². The molecule has 2 rings (SSSR count). The van der Waals surface area contributed by atoms with E-state index in [0.717, 1.165) is 38.0 Å². The summed E-state index contributed by atoms with van der Waals surface area (Å²) in [7, 11) is 0. The summed E-state index contributed by atoms with van der Waals surface area (Å²) in [6, 6.07) is 0.405. The molecule has 1 amide bonds. The normalized spacial score (nSPS) is 17.1. The second kappa shape index (κ2) is 9.55. The van der Waals surface area contributed by atoms with E-state index in [4.69, 9.17) is 0 Å². The zero-order valence-corrected chi connectivity index (χ0v) is 12.9. The lowest BCUT2D eigenvalue weighted by Crippen LogP contribution is -2.36. The summed E-state index contributed by atoms with van der Waals surface area (Å²) >= 11 is 0. The Kier molecular flexibility index (Phi) is 7.29. The minimum atomic E-state index is 0.189. The minimum absolute atomic E-state index is 0.189. The van der Waals surface area contributed by atoms with Crippen LogP contribution >= 0.6 is 0 Å². The topological polar surface area (TPSA) is 69.8 Å². The molecular weight excluding hydrogens is 264 g/mol. The predicted octanol–water partition coefficient (Wildman–Crippen LogP) is 2.16. The smallest absolute Gasteiger partial charge is 0.221 e. The fraction of sp³-hybridized carbons (Fsp3) is 0.750. The lowest BCUT2D eigenvalue weighted by atomic mass is 9.96. The molecule has 1 heterocycles. The minimum Gasteiger partial charge on any atom is -0.353 e. The molecule has 0 aromatic carbocycles. The summed E-state index contributed by atoms with van der Waals surface area (Å²) in [6.07, 6.45) is 13.8. The quantitative estimate of drug-likeness (QED) is 0.675. The molecule has 1 aliphatic rings. The lowest BCUT2D eigenvalue weighted by molar-refractivity contribution is -0.121. The van der Waals surface area contributed by atoms with E-state index in [9.17, 15) is 4.79 Å². The van der Waals surface area contributed by atoms with Gasteiger partial charge in [-0.25, -0.2) is 4.98 Å². The van der Waals surface area contributed by atoms with Gasteiger partial charge in [0.1, 0.15) is 0 Å². The Hall–Kier alpha value is -1.36. The zero-order chi connectivity index (χ0) is 14.8. The second-order valence-electron chi connectivity index (χ2n) is 5.94. The molecule has 1 fully saturated rings. The Morgan fingerprint density at radius 2 is 1.95 bits per heavy atom. The number of nitrogens with one attached hydrogen (secondary N) is 3. The molecule has 0 atom stereocenters. The summed E-state index contributed by atoms with van der Waals surface area (Å²) in [5.74, 6) is 0.189. The van der Waals surface area contributed by atoms with Crippen LogP contribution in [-0.4, -0.2) is 35.0 Å². The van der Waals surface area contributed by atoms with Crippen LogP contribution in [0.4, 0.5) is 0 Å². The van der Waals surface area contributed by atoms with Crippen molar-refractivity contribution in [3.05, 3.63) is 18.2 Å².